The smallest absolute Gasteiger partial charge is 0.126 e. The molecule has 2 aromatic rings. The predicted octanol–water partition coefficient (Wildman–Crippen LogP) is 4.06. The van der Waals surface area contributed by atoms with E-state index in [-0.39, 0.29) is 0 Å². The van der Waals surface area contributed by atoms with Crippen LogP contribution in [0.2, 0.25) is 0 Å². The summed E-state index contributed by atoms with van der Waals surface area (Å²) in [6.45, 7) is 1.39. The minimum atomic E-state index is -0.527. The van der Waals surface area contributed by atoms with Gasteiger partial charge in [0.25, 0.3) is 0 Å². The van der Waals surface area contributed by atoms with Gasteiger partial charge in [0.1, 0.15) is 11.6 Å². The van der Waals surface area contributed by atoms with Crippen LogP contribution in [0, 0.1) is 11.6 Å². The molecule has 0 aliphatic heterocycles. The fourth-order valence-electron chi connectivity index (χ4n) is 1.85. The molecular formula is C15H14BrF2N. The Hall–Kier alpha value is -1.26. The first kappa shape index (κ1) is 14.2. The maximum absolute atomic E-state index is 13.0. The third-order valence-electron chi connectivity index (χ3n) is 2.79. The molecule has 100 valence electrons. The standard InChI is InChI=1S/C15H14BrF2N/c16-15-4-2-1-3-12(15)10-19-6-5-11-7-13(17)9-14(18)8-11/h1-4,7-9,19H,5-6,10H2. The van der Waals surface area contributed by atoms with Crippen molar-refractivity contribution in [2.45, 2.75) is 13.0 Å². The molecule has 0 aromatic heterocycles. The largest absolute Gasteiger partial charge is 0.312 e. The molecule has 2 rings (SSSR count). The molecule has 0 saturated heterocycles. The van der Waals surface area contributed by atoms with E-state index in [4.69, 9.17) is 0 Å². The average Bonchev–Trinajstić information content (AvgIpc) is 2.35. The third-order valence-corrected chi connectivity index (χ3v) is 3.56. The third kappa shape index (κ3) is 4.40. The van der Waals surface area contributed by atoms with Crippen LogP contribution in [0.3, 0.4) is 0 Å². The van der Waals surface area contributed by atoms with Crippen molar-refractivity contribution >= 4 is 15.9 Å². The van der Waals surface area contributed by atoms with Crippen molar-refractivity contribution in [3.05, 3.63) is 69.7 Å². The molecule has 0 aliphatic rings. The fraction of sp³-hybridized carbons (Fsp3) is 0.200. The van der Waals surface area contributed by atoms with Gasteiger partial charge in [-0.25, -0.2) is 8.78 Å². The van der Waals surface area contributed by atoms with Crippen molar-refractivity contribution in [1.82, 2.24) is 5.32 Å². The lowest BCUT2D eigenvalue weighted by atomic mass is 10.1. The van der Waals surface area contributed by atoms with E-state index >= 15 is 0 Å². The molecule has 4 heteroatoms. The Balaban J connectivity index is 1.82. The molecule has 0 saturated carbocycles. The second-order valence-electron chi connectivity index (χ2n) is 4.30. The molecule has 1 N–H and O–H groups in total. The lowest BCUT2D eigenvalue weighted by Gasteiger charge is -2.07. The van der Waals surface area contributed by atoms with E-state index in [2.05, 4.69) is 21.2 Å². The minimum absolute atomic E-state index is 0.527. The predicted molar refractivity (Wildman–Crippen MR) is 75.9 cm³/mol. The molecule has 0 radical (unpaired) electrons. The van der Waals surface area contributed by atoms with Crippen molar-refractivity contribution in [3.63, 3.8) is 0 Å². The van der Waals surface area contributed by atoms with Crippen molar-refractivity contribution in [1.29, 1.82) is 0 Å². The van der Waals surface area contributed by atoms with Crippen LogP contribution in [-0.2, 0) is 13.0 Å². The molecule has 19 heavy (non-hydrogen) atoms. The van der Waals surface area contributed by atoms with Gasteiger partial charge in [-0.05, 0) is 42.3 Å². The van der Waals surface area contributed by atoms with Gasteiger partial charge in [0.15, 0.2) is 0 Å². The Morgan fingerprint density at radius 1 is 1.00 bits per heavy atom. The highest BCUT2D eigenvalue weighted by atomic mass is 79.9. The minimum Gasteiger partial charge on any atom is -0.312 e. The molecule has 0 unspecified atom stereocenters. The number of nitrogens with one attached hydrogen (secondary N) is 1. The summed E-state index contributed by atoms with van der Waals surface area (Å²) in [4.78, 5) is 0. The van der Waals surface area contributed by atoms with Crippen LogP contribution in [0.15, 0.2) is 46.9 Å². The summed E-state index contributed by atoms with van der Waals surface area (Å²) in [6, 6.07) is 11.6. The first-order chi connectivity index (χ1) is 9.15. The SMILES string of the molecule is Fc1cc(F)cc(CCNCc2ccccc2Br)c1. The number of benzene rings is 2. The van der Waals surface area contributed by atoms with E-state index in [0.29, 0.717) is 18.5 Å². The van der Waals surface area contributed by atoms with Gasteiger partial charge >= 0.3 is 0 Å². The average molecular weight is 326 g/mol. The zero-order valence-electron chi connectivity index (χ0n) is 10.3. The van der Waals surface area contributed by atoms with Gasteiger partial charge in [0.2, 0.25) is 0 Å². The highest BCUT2D eigenvalue weighted by molar-refractivity contribution is 9.10. The highest BCUT2D eigenvalue weighted by Crippen LogP contribution is 2.15. The molecule has 0 amide bonds. The van der Waals surface area contributed by atoms with Crippen LogP contribution in [0.25, 0.3) is 0 Å². The zero-order chi connectivity index (χ0) is 13.7. The Kier molecular flexibility index (Phi) is 5.05. The van der Waals surface area contributed by atoms with E-state index in [0.717, 1.165) is 22.6 Å². The van der Waals surface area contributed by atoms with E-state index in [1.54, 1.807) is 0 Å². The molecule has 1 nitrogen and oxygen atoms in total. The van der Waals surface area contributed by atoms with Gasteiger partial charge in [-0.3, -0.25) is 0 Å². The summed E-state index contributed by atoms with van der Waals surface area (Å²) in [6.07, 6.45) is 0.596. The second kappa shape index (κ2) is 6.78. The Morgan fingerprint density at radius 2 is 1.68 bits per heavy atom. The van der Waals surface area contributed by atoms with Crippen LogP contribution in [0.4, 0.5) is 8.78 Å². The second-order valence-corrected chi connectivity index (χ2v) is 5.15. The zero-order valence-corrected chi connectivity index (χ0v) is 11.9. The van der Waals surface area contributed by atoms with Gasteiger partial charge < -0.3 is 5.32 Å². The van der Waals surface area contributed by atoms with Gasteiger partial charge in [-0.15, -0.1) is 0 Å². The van der Waals surface area contributed by atoms with E-state index in [1.807, 2.05) is 24.3 Å². The number of rotatable bonds is 5. The molecular weight excluding hydrogens is 312 g/mol. The van der Waals surface area contributed by atoms with Gasteiger partial charge in [-0.2, -0.15) is 0 Å². The summed E-state index contributed by atoms with van der Waals surface area (Å²) >= 11 is 3.47. The van der Waals surface area contributed by atoms with Gasteiger partial charge in [-0.1, -0.05) is 34.1 Å². The summed E-state index contributed by atoms with van der Waals surface area (Å²) in [7, 11) is 0. The topological polar surface area (TPSA) is 12.0 Å². The number of hydrogen-bond acceptors (Lipinski definition) is 1. The van der Waals surface area contributed by atoms with E-state index in [1.165, 1.54) is 12.1 Å². The Bertz CT molecular complexity index is 537. The van der Waals surface area contributed by atoms with Crippen molar-refractivity contribution in [3.8, 4) is 0 Å². The van der Waals surface area contributed by atoms with E-state index < -0.39 is 11.6 Å². The molecule has 0 bridgehead atoms. The lowest BCUT2D eigenvalue weighted by Crippen LogP contribution is -2.17. The summed E-state index contributed by atoms with van der Waals surface area (Å²) in [5, 5.41) is 3.26. The molecule has 0 aliphatic carbocycles. The molecule has 0 heterocycles. The quantitative estimate of drug-likeness (QED) is 0.817. The first-order valence-electron chi connectivity index (χ1n) is 6.04. The van der Waals surface area contributed by atoms with Crippen molar-refractivity contribution in [2.24, 2.45) is 0 Å². The molecule has 0 spiro atoms. The maximum atomic E-state index is 13.0. The van der Waals surface area contributed by atoms with Crippen LogP contribution < -0.4 is 5.32 Å². The summed E-state index contributed by atoms with van der Waals surface area (Å²) in [5.41, 5.74) is 1.82. The monoisotopic (exact) mass is 325 g/mol. The van der Waals surface area contributed by atoms with Gasteiger partial charge in [0.05, 0.1) is 0 Å². The number of halogens is 3. The van der Waals surface area contributed by atoms with Crippen molar-refractivity contribution < 1.29 is 8.78 Å². The van der Waals surface area contributed by atoms with Crippen LogP contribution >= 0.6 is 15.9 Å². The van der Waals surface area contributed by atoms with E-state index in [9.17, 15) is 8.78 Å². The Morgan fingerprint density at radius 3 is 2.37 bits per heavy atom. The normalized spacial score (nSPS) is 10.7. The summed E-state index contributed by atoms with van der Waals surface area (Å²) < 4.78 is 27.0. The summed E-state index contributed by atoms with van der Waals surface area (Å²) in [5.74, 6) is -1.05. The highest BCUT2D eigenvalue weighted by Gasteiger charge is 2.01. The maximum Gasteiger partial charge on any atom is 0.126 e. The van der Waals surface area contributed by atoms with Crippen LogP contribution in [0.5, 0.6) is 0 Å². The number of hydrogen-bond donors (Lipinski definition) is 1. The van der Waals surface area contributed by atoms with Crippen molar-refractivity contribution in [2.75, 3.05) is 6.54 Å². The van der Waals surface area contributed by atoms with Crippen LogP contribution in [0.1, 0.15) is 11.1 Å². The van der Waals surface area contributed by atoms with Crippen LogP contribution in [-0.4, -0.2) is 6.54 Å². The molecule has 0 fully saturated rings. The van der Waals surface area contributed by atoms with Gasteiger partial charge in [0, 0.05) is 17.1 Å². The first-order valence-corrected chi connectivity index (χ1v) is 6.83. The fourth-order valence-corrected chi connectivity index (χ4v) is 2.28. The lowest BCUT2D eigenvalue weighted by molar-refractivity contribution is 0.577. The molecule has 0 atom stereocenters. The molecule has 2 aromatic carbocycles. The Labute approximate surface area is 119 Å².